The summed E-state index contributed by atoms with van der Waals surface area (Å²) in [6, 6.07) is 3.00. The van der Waals surface area contributed by atoms with Crippen LogP contribution in [0.2, 0.25) is 5.02 Å². The van der Waals surface area contributed by atoms with Gasteiger partial charge in [-0.25, -0.2) is 0 Å². The van der Waals surface area contributed by atoms with Crippen molar-refractivity contribution < 1.29 is 13.2 Å². The lowest BCUT2D eigenvalue weighted by molar-refractivity contribution is -0.137. The molecule has 3 nitrogen and oxygen atoms in total. The molecule has 0 aliphatic rings. The van der Waals surface area contributed by atoms with Crippen molar-refractivity contribution in [1.29, 1.82) is 0 Å². The highest BCUT2D eigenvalue weighted by molar-refractivity contribution is 6.33. The van der Waals surface area contributed by atoms with Crippen LogP contribution in [0.3, 0.4) is 0 Å². The minimum Gasteiger partial charge on any atom is -0.377 e. The molecular weight excluding hydrogens is 291 g/mol. The number of alkyl halides is 3. The number of aryl methyl sites for hydroxylation is 1. The van der Waals surface area contributed by atoms with Gasteiger partial charge in [0.1, 0.15) is 0 Å². The van der Waals surface area contributed by atoms with Crippen LogP contribution in [-0.4, -0.2) is 9.78 Å². The molecule has 1 N–H and O–H groups in total. The molecule has 0 aliphatic carbocycles. The van der Waals surface area contributed by atoms with Gasteiger partial charge in [0.2, 0.25) is 0 Å². The molecule has 0 aliphatic heterocycles. The van der Waals surface area contributed by atoms with Gasteiger partial charge in [-0.15, -0.1) is 0 Å². The van der Waals surface area contributed by atoms with Crippen molar-refractivity contribution >= 4 is 17.3 Å². The van der Waals surface area contributed by atoms with Crippen molar-refractivity contribution in [2.75, 3.05) is 5.32 Å². The fourth-order valence-corrected chi connectivity index (χ4v) is 1.96. The third kappa shape index (κ3) is 3.25. The van der Waals surface area contributed by atoms with Gasteiger partial charge in [0, 0.05) is 18.8 Å². The summed E-state index contributed by atoms with van der Waals surface area (Å²) in [6.07, 6.45) is -0.947. The van der Waals surface area contributed by atoms with E-state index in [1.165, 1.54) is 6.07 Å². The number of nitrogens with one attached hydrogen (secondary N) is 1. The van der Waals surface area contributed by atoms with E-state index >= 15 is 0 Å². The molecule has 2 rings (SSSR count). The molecule has 1 heterocycles. The van der Waals surface area contributed by atoms with Crippen molar-refractivity contribution in [1.82, 2.24) is 9.78 Å². The Morgan fingerprint density at radius 1 is 1.35 bits per heavy atom. The van der Waals surface area contributed by atoms with Crippen molar-refractivity contribution in [3.8, 4) is 0 Å². The Kier molecular flexibility index (Phi) is 3.94. The summed E-state index contributed by atoms with van der Waals surface area (Å²) in [5.74, 6) is 0. The molecule has 7 heteroatoms. The first-order valence-corrected chi connectivity index (χ1v) is 6.27. The Morgan fingerprint density at radius 2 is 2.05 bits per heavy atom. The van der Waals surface area contributed by atoms with Crippen LogP contribution in [0.1, 0.15) is 24.1 Å². The van der Waals surface area contributed by atoms with Crippen molar-refractivity contribution in [2.45, 2.75) is 19.1 Å². The number of hydrogen-bond donors (Lipinski definition) is 1. The number of aromatic nitrogens is 2. The predicted molar refractivity (Wildman–Crippen MR) is 71.7 cm³/mol. The van der Waals surface area contributed by atoms with Crippen LogP contribution in [0.5, 0.6) is 0 Å². The van der Waals surface area contributed by atoms with Gasteiger partial charge in [-0.2, -0.15) is 18.3 Å². The Balaban J connectivity index is 2.24. The molecule has 1 atom stereocenters. The zero-order chi connectivity index (χ0) is 14.9. The van der Waals surface area contributed by atoms with Crippen molar-refractivity contribution in [3.05, 3.63) is 46.7 Å². The molecule has 1 unspecified atom stereocenters. The first-order chi connectivity index (χ1) is 9.27. The number of halogens is 4. The van der Waals surface area contributed by atoms with Gasteiger partial charge in [-0.05, 0) is 25.1 Å². The van der Waals surface area contributed by atoms with E-state index in [-0.39, 0.29) is 16.8 Å². The highest BCUT2D eigenvalue weighted by Crippen LogP contribution is 2.35. The third-order valence-electron chi connectivity index (χ3n) is 2.89. The fourth-order valence-electron chi connectivity index (χ4n) is 1.79. The van der Waals surface area contributed by atoms with E-state index < -0.39 is 11.7 Å². The molecule has 0 radical (unpaired) electrons. The lowest BCUT2D eigenvalue weighted by Crippen LogP contribution is -2.09. The molecular formula is C13H13ClF3N3. The second-order valence-electron chi connectivity index (χ2n) is 4.51. The van der Waals surface area contributed by atoms with E-state index in [1.807, 2.05) is 6.92 Å². The van der Waals surface area contributed by atoms with Gasteiger partial charge < -0.3 is 5.32 Å². The Hall–Kier alpha value is -1.69. The number of anilines is 1. The quantitative estimate of drug-likeness (QED) is 0.918. The fraction of sp³-hybridized carbons (Fsp3) is 0.308. The minimum absolute atomic E-state index is 0.204. The monoisotopic (exact) mass is 303 g/mol. The van der Waals surface area contributed by atoms with Gasteiger partial charge in [0.05, 0.1) is 28.5 Å². The van der Waals surface area contributed by atoms with Gasteiger partial charge in [0.25, 0.3) is 0 Å². The molecule has 0 bridgehead atoms. The minimum atomic E-state index is -4.39. The SMILES string of the molecule is CC(Nc1cc(C(F)(F)F)ccc1Cl)c1cnn(C)c1. The van der Waals surface area contributed by atoms with Gasteiger partial charge in [-0.3, -0.25) is 4.68 Å². The van der Waals surface area contributed by atoms with E-state index in [0.29, 0.717) is 0 Å². The highest BCUT2D eigenvalue weighted by Gasteiger charge is 2.31. The maximum Gasteiger partial charge on any atom is 0.416 e. The maximum atomic E-state index is 12.7. The molecule has 0 fully saturated rings. The van der Waals surface area contributed by atoms with Crippen LogP contribution in [0.4, 0.5) is 18.9 Å². The average molecular weight is 304 g/mol. The smallest absolute Gasteiger partial charge is 0.377 e. The van der Waals surface area contributed by atoms with E-state index in [9.17, 15) is 13.2 Å². The molecule has 0 amide bonds. The zero-order valence-electron chi connectivity index (χ0n) is 10.9. The van der Waals surface area contributed by atoms with Gasteiger partial charge in [0.15, 0.2) is 0 Å². The topological polar surface area (TPSA) is 29.9 Å². The molecule has 2 aromatic rings. The molecule has 0 saturated heterocycles. The number of nitrogens with zero attached hydrogens (tertiary/aromatic N) is 2. The van der Waals surface area contributed by atoms with Crippen LogP contribution < -0.4 is 5.32 Å². The van der Waals surface area contributed by atoms with Crippen LogP contribution in [0.25, 0.3) is 0 Å². The summed E-state index contributed by atoms with van der Waals surface area (Å²) in [7, 11) is 1.77. The zero-order valence-corrected chi connectivity index (χ0v) is 11.6. The lowest BCUT2D eigenvalue weighted by Gasteiger charge is -2.16. The Morgan fingerprint density at radius 3 is 2.60 bits per heavy atom. The summed E-state index contributed by atoms with van der Waals surface area (Å²) >= 11 is 5.93. The molecule has 20 heavy (non-hydrogen) atoms. The Bertz CT molecular complexity index is 607. The van der Waals surface area contributed by atoms with Crippen molar-refractivity contribution in [3.63, 3.8) is 0 Å². The summed E-state index contributed by atoms with van der Waals surface area (Å²) < 4.78 is 39.7. The standard InChI is InChI=1S/C13H13ClF3N3/c1-8(9-6-18-20(2)7-9)19-12-5-10(13(15,16)17)3-4-11(12)14/h3-8,19H,1-2H3. The first kappa shape index (κ1) is 14.7. The van der Waals surface area contributed by atoms with Crippen molar-refractivity contribution in [2.24, 2.45) is 7.05 Å². The van der Waals surface area contributed by atoms with Crippen LogP contribution in [-0.2, 0) is 13.2 Å². The second-order valence-corrected chi connectivity index (χ2v) is 4.91. The predicted octanol–water partition coefficient (Wildman–Crippen LogP) is 4.27. The largest absolute Gasteiger partial charge is 0.416 e. The average Bonchev–Trinajstić information content (AvgIpc) is 2.77. The summed E-state index contributed by atoms with van der Waals surface area (Å²) in [4.78, 5) is 0. The number of hydrogen-bond acceptors (Lipinski definition) is 2. The number of rotatable bonds is 3. The van der Waals surface area contributed by atoms with E-state index in [2.05, 4.69) is 10.4 Å². The van der Waals surface area contributed by atoms with Gasteiger partial charge >= 0.3 is 6.18 Å². The summed E-state index contributed by atoms with van der Waals surface area (Å²) in [6.45, 7) is 1.83. The van der Waals surface area contributed by atoms with E-state index in [1.54, 1.807) is 24.1 Å². The molecule has 0 saturated carbocycles. The summed E-state index contributed by atoms with van der Waals surface area (Å²) in [5, 5.41) is 7.23. The van der Waals surface area contributed by atoms with E-state index in [0.717, 1.165) is 17.7 Å². The molecule has 1 aromatic carbocycles. The van der Waals surface area contributed by atoms with Crippen LogP contribution >= 0.6 is 11.6 Å². The number of benzene rings is 1. The maximum absolute atomic E-state index is 12.7. The van der Waals surface area contributed by atoms with Crippen LogP contribution in [0, 0.1) is 0 Å². The molecule has 1 aromatic heterocycles. The summed E-state index contributed by atoms with van der Waals surface area (Å²) in [5.41, 5.74) is 0.376. The Labute approximate surface area is 119 Å². The van der Waals surface area contributed by atoms with Crippen LogP contribution in [0.15, 0.2) is 30.6 Å². The third-order valence-corrected chi connectivity index (χ3v) is 3.22. The van der Waals surface area contributed by atoms with Gasteiger partial charge in [-0.1, -0.05) is 11.6 Å². The van der Waals surface area contributed by atoms with E-state index in [4.69, 9.17) is 11.6 Å². The highest BCUT2D eigenvalue weighted by atomic mass is 35.5. The second kappa shape index (κ2) is 5.36. The lowest BCUT2D eigenvalue weighted by atomic mass is 10.1. The molecule has 108 valence electrons. The first-order valence-electron chi connectivity index (χ1n) is 5.89. The normalized spacial score (nSPS) is 13.3. The molecule has 0 spiro atoms.